The average molecular weight is 361 g/mol. The monoisotopic (exact) mass is 361 g/mol. The largest absolute Gasteiger partial charge is 0.372 e. The van der Waals surface area contributed by atoms with Crippen molar-refractivity contribution < 1.29 is 14.1 Å². The Balaban J connectivity index is 1.49. The van der Waals surface area contributed by atoms with E-state index in [0.717, 1.165) is 5.56 Å². The summed E-state index contributed by atoms with van der Waals surface area (Å²) in [6, 6.07) is 7.95. The average Bonchev–Trinajstić information content (AvgIpc) is 3.03. The molecule has 3 rings (SSSR count). The highest BCUT2D eigenvalue weighted by atomic mass is 32.2. The van der Waals surface area contributed by atoms with Crippen LogP contribution in [0.15, 0.2) is 28.8 Å². The Morgan fingerprint density at radius 1 is 1.24 bits per heavy atom. The number of carbonyl (C=O) groups is 1. The molecule has 0 N–H and O–H groups in total. The molecule has 0 unspecified atom stereocenters. The zero-order valence-corrected chi connectivity index (χ0v) is 15.6. The number of nitrogens with zero attached hydrogens (tertiary/aromatic N) is 3. The second-order valence-electron chi connectivity index (χ2n) is 6.43. The fraction of sp³-hybridized carbons (Fsp3) is 0.500. The number of ether oxygens (including phenoxy) is 1. The first-order chi connectivity index (χ1) is 12.0. The van der Waals surface area contributed by atoms with Crippen LogP contribution in [0.1, 0.15) is 25.2 Å². The van der Waals surface area contributed by atoms with E-state index in [1.807, 2.05) is 49.9 Å². The Kier molecular flexibility index (Phi) is 5.75. The molecule has 134 valence electrons. The van der Waals surface area contributed by atoms with Gasteiger partial charge in [0.15, 0.2) is 5.82 Å². The van der Waals surface area contributed by atoms with Crippen LogP contribution in [0, 0.1) is 6.92 Å². The number of benzene rings is 1. The molecule has 6 nitrogen and oxygen atoms in total. The maximum atomic E-state index is 12.3. The molecule has 1 aliphatic heterocycles. The quantitative estimate of drug-likeness (QED) is 0.816. The van der Waals surface area contributed by atoms with Crippen LogP contribution in [0.25, 0.3) is 11.5 Å². The van der Waals surface area contributed by atoms with Gasteiger partial charge < -0.3 is 14.2 Å². The molecule has 2 atom stereocenters. The third-order valence-electron chi connectivity index (χ3n) is 4.00. The van der Waals surface area contributed by atoms with E-state index >= 15 is 0 Å². The van der Waals surface area contributed by atoms with Crippen LogP contribution in [0.4, 0.5) is 0 Å². The van der Waals surface area contributed by atoms with Crippen LogP contribution in [0.3, 0.4) is 0 Å². The lowest BCUT2D eigenvalue weighted by Crippen LogP contribution is -2.48. The minimum atomic E-state index is 0.0898. The van der Waals surface area contributed by atoms with Gasteiger partial charge in [-0.3, -0.25) is 4.79 Å². The number of hydrogen-bond donors (Lipinski definition) is 0. The van der Waals surface area contributed by atoms with Crippen LogP contribution in [0.5, 0.6) is 0 Å². The van der Waals surface area contributed by atoms with Gasteiger partial charge in [0.1, 0.15) is 0 Å². The molecule has 1 aromatic heterocycles. The smallest absolute Gasteiger partial charge is 0.257 e. The van der Waals surface area contributed by atoms with Gasteiger partial charge in [0.05, 0.1) is 23.7 Å². The predicted molar refractivity (Wildman–Crippen MR) is 97.2 cm³/mol. The van der Waals surface area contributed by atoms with Gasteiger partial charge in [0.25, 0.3) is 5.89 Å². The molecule has 1 aromatic carbocycles. The number of carbonyl (C=O) groups excluding carboxylic acids is 1. The molecule has 0 spiro atoms. The van der Waals surface area contributed by atoms with Crippen molar-refractivity contribution >= 4 is 17.7 Å². The fourth-order valence-electron chi connectivity index (χ4n) is 2.83. The first-order valence-electron chi connectivity index (χ1n) is 8.42. The van der Waals surface area contributed by atoms with Crippen molar-refractivity contribution in [2.75, 3.05) is 18.8 Å². The number of rotatable bonds is 5. The Hall–Kier alpha value is -1.86. The van der Waals surface area contributed by atoms with Crippen molar-refractivity contribution in [2.24, 2.45) is 0 Å². The van der Waals surface area contributed by atoms with E-state index in [4.69, 9.17) is 9.26 Å². The number of morpholine rings is 1. The molecule has 1 fully saturated rings. The van der Waals surface area contributed by atoms with Gasteiger partial charge >= 0.3 is 0 Å². The van der Waals surface area contributed by atoms with Crippen molar-refractivity contribution in [3.8, 4) is 11.5 Å². The molecule has 7 heteroatoms. The third-order valence-corrected chi connectivity index (χ3v) is 4.91. The van der Waals surface area contributed by atoms with Crippen molar-refractivity contribution in [3.63, 3.8) is 0 Å². The van der Waals surface area contributed by atoms with Crippen molar-refractivity contribution in [2.45, 2.75) is 38.7 Å². The van der Waals surface area contributed by atoms with Crippen LogP contribution >= 0.6 is 11.8 Å². The molecule has 25 heavy (non-hydrogen) atoms. The van der Waals surface area contributed by atoms with Gasteiger partial charge in [-0.25, -0.2) is 0 Å². The van der Waals surface area contributed by atoms with Crippen LogP contribution < -0.4 is 0 Å². The molecular formula is C18H23N3O3S. The topological polar surface area (TPSA) is 68.5 Å². The molecule has 1 aliphatic rings. The molecule has 2 heterocycles. The molecule has 0 radical (unpaired) electrons. The van der Waals surface area contributed by atoms with Crippen molar-refractivity contribution in [3.05, 3.63) is 35.7 Å². The molecule has 2 aromatic rings. The maximum Gasteiger partial charge on any atom is 0.257 e. The Morgan fingerprint density at radius 2 is 1.92 bits per heavy atom. The molecule has 0 bridgehead atoms. The van der Waals surface area contributed by atoms with E-state index in [9.17, 15) is 4.79 Å². The van der Waals surface area contributed by atoms with E-state index in [1.165, 1.54) is 17.3 Å². The number of hydrogen-bond acceptors (Lipinski definition) is 6. The van der Waals surface area contributed by atoms with Gasteiger partial charge in [0, 0.05) is 18.7 Å². The first-order valence-corrected chi connectivity index (χ1v) is 9.57. The number of aromatic nitrogens is 2. The van der Waals surface area contributed by atoms with E-state index in [-0.39, 0.29) is 18.1 Å². The maximum absolute atomic E-state index is 12.3. The van der Waals surface area contributed by atoms with Crippen molar-refractivity contribution in [1.29, 1.82) is 0 Å². The normalized spacial score (nSPS) is 20.7. The zero-order valence-electron chi connectivity index (χ0n) is 14.8. The van der Waals surface area contributed by atoms with Gasteiger partial charge in [0.2, 0.25) is 5.91 Å². The zero-order chi connectivity index (χ0) is 17.8. The van der Waals surface area contributed by atoms with Crippen LogP contribution in [0.2, 0.25) is 0 Å². The highest BCUT2D eigenvalue weighted by Gasteiger charge is 2.25. The van der Waals surface area contributed by atoms with E-state index in [1.54, 1.807) is 0 Å². The summed E-state index contributed by atoms with van der Waals surface area (Å²) in [6.45, 7) is 7.34. The van der Waals surface area contributed by atoms with Gasteiger partial charge in [-0.05, 0) is 32.9 Å². The van der Waals surface area contributed by atoms with Gasteiger partial charge in [-0.15, -0.1) is 11.8 Å². The molecule has 1 amide bonds. The summed E-state index contributed by atoms with van der Waals surface area (Å²) >= 11 is 1.50. The summed E-state index contributed by atoms with van der Waals surface area (Å²) in [6.07, 6.45) is 0.180. The highest BCUT2D eigenvalue weighted by Crippen LogP contribution is 2.20. The molecular weight excluding hydrogens is 338 g/mol. The minimum Gasteiger partial charge on any atom is -0.372 e. The molecule has 0 saturated carbocycles. The van der Waals surface area contributed by atoms with E-state index in [0.29, 0.717) is 36.3 Å². The summed E-state index contributed by atoms with van der Waals surface area (Å²) in [7, 11) is 0. The first kappa shape index (κ1) is 17.9. The number of thioether (sulfide) groups is 1. The molecule has 0 aliphatic carbocycles. The number of amides is 1. The lowest BCUT2D eigenvalue weighted by atomic mass is 10.1. The second kappa shape index (κ2) is 8.01. The van der Waals surface area contributed by atoms with Gasteiger partial charge in [-0.2, -0.15) is 4.98 Å². The highest BCUT2D eigenvalue weighted by molar-refractivity contribution is 7.99. The summed E-state index contributed by atoms with van der Waals surface area (Å²) in [5.74, 6) is 2.22. The Morgan fingerprint density at radius 3 is 2.60 bits per heavy atom. The van der Waals surface area contributed by atoms with Crippen molar-refractivity contribution in [1.82, 2.24) is 15.0 Å². The second-order valence-corrected chi connectivity index (χ2v) is 7.42. The standard InChI is InChI=1S/C18H23N3O3S/c1-12-4-6-15(7-5-12)18-19-16(20-24-18)10-25-11-17(22)21-8-13(2)23-14(3)9-21/h4-7,13-14H,8-11H2,1-3H3/t13-,14+. The predicted octanol–water partition coefficient (Wildman–Crippen LogP) is 2.91. The van der Waals surface area contributed by atoms with E-state index in [2.05, 4.69) is 10.1 Å². The summed E-state index contributed by atoms with van der Waals surface area (Å²) in [5.41, 5.74) is 2.09. The lowest BCUT2D eigenvalue weighted by molar-refractivity contribution is -0.140. The lowest BCUT2D eigenvalue weighted by Gasteiger charge is -2.35. The third kappa shape index (κ3) is 4.83. The molecule has 1 saturated heterocycles. The van der Waals surface area contributed by atoms with Crippen LogP contribution in [-0.4, -0.2) is 52.0 Å². The fourth-order valence-corrected chi connectivity index (χ4v) is 3.59. The van der Waals surface area contributed by atoms with E-state index < -0.39 is 0 Å². The summed E-state index contributed by atoms with van der Waals surface area (Å²) in [4.78, 5) is 18.6. The number of aryl methyl sites for hydroxylation is 1. The SMILES string of the molecule is Cc1ccc(-c2nc(CSCC(=O)N3C[C@@H](C)O[C@@H](C)C3)no2)cc1. The van der Waals surface area contributed by atoms with Gasteiger partial charge in [-0.1, -0.05) is 22.9 Å². The minimum absolute atomic E-state index is 0.0898. The van der Waals surface area contributed by atoms with Crippen LogP contribution in [-0.2, 0) is 15.3 Å². The Bertz CT molecular complexity index is 707. The Labute approximate surface area is 151 Å². The summed E-state index contributed by atoms with van der Waals surface area (Å²) < 4.78 is 11.0. The summed E-state index contributed by atoms with van der Waals surface area (Å²) in [5, 5.41) is 4.00.